The summed E-state index contributed by atoms with van der Waals surface area (Å²) in [5.41, 5.74) is 2.38. The lowest BCUT2D eigenvalue weighted by atomic mass is 10.2. The Morgan fingerprint density at radius 1 is 1.50 bits per heavy atom. The van der Waals surface area contributed by atoms with Crippen LogP contribution in [0.4, 0.5) is 0 Å². The van der Waals surface area contributed by atoms with E-state index in [1.54, 1.807) is 0 Å². The quantitative estimate of drug-likeness (QED) is 0.563. The predicted molar refractivity (Wildman–Crippen MR) is 41.9 cm³/mol. The summed E-state index contributed by atoms with van der Waals surface area (Å²) < 4.78 is 0. The summed E-state index contributed by atoms with van der Waals surface area (Å²) in [6.45, 7) is 2.09. The van der Waals surface area contributed by atoms with E-state index in [0.29, 0.717) is 0 Å². The van der Waals surface area contributed by atoms with Crippen molar-refractivity contribution in [1.29, 1.82) is 0 Å². The van der Waals surface area contributed by atoms with Crippen LogP contribution < -0.4 is 0 Å². The van der Waals surface area contributed by atoms with Crippen LogP contribution >= 0.6 is 0 Å². The maximum Gasteiger partial charge on any atom is 0.0537 e. The summed E-state index contributed by atoms with van der Waals surface area (Å²) in [6, 6.07) is 9.13. The summed E-state index contributed by atoms with van der Waals surface area (Å²) in [4.78, 5) is 3.13. The number of aromatic amines is 1. The summed E-state index contributed by atoms with van der Waals surface area (Å²) in [5, 5.41) is 1.27. The molecular formula is C9H8N. The fourth-order valence-corrected chi connectivity index (χ4v) is 1.14. The maximum absolute atomic E-state index is 3.13. The molecule has 1 heteroatoms. The first kappa shape index (κ1) is 5.54. The number of para-hydroxylation sites is 1. The molecule has 10 heavy (non-hydrogen) atoms. The van der Waals surface area contributed by atoms with E-state index < -0.39 is 0 Å². The molecule has 0 fully saturated rings. The summed E-state index contributed by atoms with van der Waals surface area (Å²) in [7, 11) is 0. The minimum Gasteiger partial charge on any atom is -0.360 e. The highest BCUT2D eigenvalue weighted by Crippen LogP contribution is 2.14. The third-order valence-corrected chi connectivity index (χ3v) is 1.71. The Labute approximate surface area is 59.7 Å². The molecule has 0 saturated carbocycles. The van der Waals surface area contributed by atoms with Crippen molar-refractivity contribution >= 4 is 10.9 Å². The fourth-order valence-electron chi connectivity index (χ4n) is 1.14. The smallest absolute Gasteiger partial charge is 0.0537 e. The normalized spacial score (nSPS) is 10.5. The van der Waals surface area contributed by atoms with Crippen molar-refractivity contribution in [2.24, 2.45) is 0 Å². The lowest BCUT2D eigenvalue weighted by molar-refractivity contribution is 1.42. The van der Waals surface area contributed by atoms with E-state index in [0.717, 1.165) is 5.52 Å². The van der Waals surface area contributed by atoms with Crippen LogP contribution in [0.25, 0.3) is 10.9 Å². The predicted octanol–water partition coefficient (Wildman–Crippen LogP) is 2.28. The Balaban J connectivity index is 2.93. The van der Waals surface area contributed by atoms with E-state index in [1.165, 1.54) is 10.9 Å². The van der Waals surface area contributed by atoms with Crippen LogP contribution in [-0.2, 0) is 0 Å². The molecule has 0 unspecified atom stereocenters. The van der Waals surface area contributed by atoms with Crippen LogP contribution in [0.3, 0.4) is 0 Å². The number of rotatable bonds is 0. The van der Waals surface area contributed by atoms with Gasteiger partial charge in [-0.15, -0.1) is 0 Å². The molecule has 0 amide bonds. The van der Waals surface area contributed by atoms with E-state index in [4.69, 9.17) is 0 Å². The molecule has 0 atom stereocenters. The van der Waals surface area contributed by atoms with Gasteiger partial charge in [0.05, 0.1) is 5.52 Å². The van der Waals surface area contributed by atoms with Crippen LogP contribution in [0.1, 0.15) is 5.56 Å². The van der Waals surface area contributed by atoms with Crippen molar-refractivity contribution in [3.63, 3.8) is 0 Å². The van der Waals surface area contributed by atoms with Crippen molar-refractivity contribution in [2.45, 2.75) is 6.92 Å². The zero-order chi connectivity index (χ0) is 6.97. The second kappa shape index (κ2) is 1.87. The second-order valence-electron chi connectivity index (χ2n) is 2.43. The zero-order valence-electron chi connectivity index (χ0n) is 5.81. The second-order valence-corrected chi connectivity index (χ2v) is 2.43. The molecule has 0 bridgehead atoms. The number of aromatic nitrogens is 1. The van der Waals surface area contributed by atoms with Crippen LogP contribution in [-0.4, -0.2) is 4.98 Å². The van der Waals surface area contributed by atoms with Crippen molar-refractivity contribution in [1.82, 2.24) is 4.98 Å². The van der Waals surface area contributed by atoms with Crippen molar-refractivity contribution in [3.8, 4) is 0 Å². The number of aryl methyl sites for hydroxylation is 1. The van der Waals surface area contributed by atoms with Crippen molar-refractivity contribution in [2.75, 3.05) is 0 Å². The molecule has 1 aromatic carbocycles. The molecule has 0 aliphatic carbocycles. The van der Waals surface area contributed by atoms with Crippen LogP contribution in [0, 0.1) is 13.0 Å². The van der Waals surface area contributed by atoms with E-state index in [2.05, 4.69) is 24.0 Å². The van der Waals surface area contributed by atoms with E-state index >= 15 is 0 Å². The average Bonchev–Trinajstić information content (AvgIpc) is 2.34. The molecule has 49 valence electrons. The van der Waals surface area contributed by atoms with Gasteiger partial charge < -0.3 is 4.98 Å². The Morgan fingerprint density at radius 3 is 3.20 bits per heavy atom. The Bertz CT molecular complexity index is 346. The van der Waals surface area contributed by atoms with Gasteiger partial charge in [-0.3, -0.25) is 0 Å². The van der Waals surface area contributed by atoms with Crippen molar-refractivity contribution < 1.29 is 0 Å². The molecule has 0 saturated heterocycles. The van der Waals surface area contributed by atoms with Gasteiger partial charge in [0.25, 0.3) is 0 Å². The van der Waals surface area contributed by atoms with Crippen LogP contribution in [0.5, 0.6) is 0 Å². The molecule has 1 radical (unpaired) electrons. The van der Waals surface area contributed by atoms with Crippen LogP contribution in [0.15, 0.2) is 24.4 Å². The van der Waals surface area contributed by atoms with E-state index in [-0.39, 0.29) is 0 Å². The van der Waals surface area contributed by atoms with E-state index in [9.17, 15) is 0 Å². The van der Waals surface area contributed by atoms with Gasteiger partial charge in [0, 0.05) is 17.6 Å². The molecule has 1 nitrogen and oxygen atoms in total. The Hall–Kier alpha value is -1.24. The maximum atomic E-state index is 3.13. The number of nitrogens with one attached hydrogen (secondary N) is 1. The molecule has 2 rings (SSSR count). The molecule has 0 spiro atoms. The highest BCUT2D eigenvalue weighted by Gasteiger charge is 1.94. The number of benzene rings is 1. The molecule has 1 aromatic heterocycles. The van der Waals surface area contributed by atoms with E-state index in [1.807, 2.05) is 18.3 Å². The Kier molecular flexibility index (Phi) is 1.04. The summed E-state index contributed by atoms with van der Waals surface area (Å²) in [5.74, 6) is 0. The number of hydrogen-bond acceptors (Lipinski definition) is 0. The SMILES string of the molecule is Cc1c[nH]c2[c]cccc12. The third-order valence-electron chi connectivity index (χ3n) is 1.71. The average molecular weight is 130 g/mol. The monoisotopic (exact) mass is 130 g/mol. The third kappa shape index (κ3) is 0.637. The van der Waals surface area contributed by atoms with Gasteiger partial charge >= 0.3 is 0 Å². The molecule has 1 N–H and O–H groups in total. The lowest BCUT2D eigenvalue weighted by Crippen LogP contribution is -1.65. The number of fused-ring (bicyclic) bond motifs is 1. The standard InChI is InChI=1S/C9H8N/c1-7-6-10-9-5-3-2-4-8(7)9/h2-4,6,10H,1H3. The van der Waals surface area contributed by atoms with Gasteiger partial charge in [0.1, 0.15) is 0 Å². The lowest BCUT2D eigenvalue weighted by Gasteiger charge is -1.86. The zero-order valence-corrected chi connectivity index (χ0v) is 5.81. The number of hydrogen-bond donors (Lipinski definition) is 1. The highest BCUT2D eigenvalue weighted by molar-refractivity contribution is 5.82. The Morgan fingerprint density at radius 2 is 2.40 bits per heavy atom. The van der Waals surface area contributed by atoms with Gasteiger partial charge in [-0.2, -0.15) is 0 Å². The minimum atomic E-state index is 1.10. The summed E-state index contributed by atoms with van der Waals surface area (Å²) in [6.07, 6.45) is 2.00. The van der Waals surface area contributed by atoms with Gasteiger partial charge in [-0.1, -0.05) is 18.2 Å². The molecule has 0 aliphatic rings. The fraction of sp³-hybridized carbons (Fsp3) is 0.111. The van der Waals surface area contributed by atoms with Crippen molar-refractivity contribution in [3.05, 3.63) is 36.0 Å². The van der Waals surface area contributed by atoms with Gasteiger partial charge in [0.15, 0.2) is 0 Å². The largest absolute Gasteiger partial charge is 0.360 e. The first-order valence-electron chi connectivity index (χ1n) is 3.32. The minimum absolute atomic E-state index is 1.10. The molecule has 2 aromatic rings. The highest BCUT2D eigenvalue weighted by atomic mass is 14.7. The molecule has 1 heterocycles. The topological polar surface area (TPSA) is 15.8 Å². The number of H-pyrrole nitrogens is 1. The molecular weight excluding hydrogens is 122 g/mol. The first-order valence-corrected chi connectivity index (χ1v) is 3.32. The van der Waals surface area contributed by atoms with Gasteiger partial charge in [-0.25, -0.2) is 0 Å². The van der Waals surface area contributed by atoms with Gasteiger partial charge in [0.2, 0.25) is 0 Å². The first-order chi connectivity index (χ1) is 4.88. The van der Waals surface area contributed by atoms with Gasteiger partial charge in [-0.05, 0) is 12.5 Å². The summed E-state index contributed by atoms with van der Waals surface area (Å²) >= 11 is 0. The molecule has 0 aliphatic heterocycles. The van der Waals surface area contributed by atoms with Crippen LogP contribution in [0.2, 0.25) is 0 Å².